The van der Waals surface area contributed by atoms with E-state index in [1.54, 1.807) is 26.4 Å². The molecule has 128 valence electrons. The molecule has 0 saturated carbocycles. The molecule has 0 atom stereocenters. The maximum atomic E-state index is 13.2. The highest BCUT2D eigenvalue weighted by Crippen LogP contribution is 2.34. The van der Waals surface area contributed by atoms with Crippen LogP contribution >= 0.6 is 11.3 Å². The summed E-state index contributed by atoms with van der Waals surface area (Å²) >= 11 is 1.20. The number of nitrogens with zero attached hydrogens (tertiary/aromatic N) is 2. The Labute approximate surface area is 147 Å². The van der Waals surface area contributed by atoms with Gasteiger partial charge in [-0.2, -0.15) is 0 Å². The van der Waals surface area contributed by atoms with Crippen molar-refractivity contribution in [3.05, 3.63) is 53.8 Å². The quantitative estimate of drug-likeness (QED) is 0.753. The van der Waals surface area contributed by atoms with Crippen LogP contribution in [0.2, 0.25) is 0 Å². The van der Waals surface area contributed by atoms with E-state index < -0.39 is 11.7 Å². The van der Waals surface area contributed by atoms with Gasteiger partial charge in [-0.25, -0.2) is 4.39 Å². The molecule has 1 N–H and O–H groups in total. The van der Waals surface area contributed by atoms with E-state index in [2.05, 4.69) is 15.5 Å². The number of halogens is 1. The van der Waals surface area contributed by atoms with Crippen LogP contribution in [0.4, 0.5) is 9.52 Å². The van der Waals surface area contributed by atoms with Gasteiger partial charge in [0.25, 0.3) is 5.91 Å². The number of nitrogens with one attached hydrogen (secondary N) is 1. The predicted octanol–water partition coefficient (Wildman–Crippen LogP) is 3.61. The first kappa shape index (κ1) is 16.8. The molecule has 1 heterocycles. The van der Waals surface area contributed by atoms with Crippen molar-refractivity contribution in [2.45, 2.75) is 0 Å². The molecule has 0 fully saturated rings. The molecule has 3 aromatic rings. The number of aromatic nitrogens is 2. The van der Waals surface area contributed by atoms with E-state index in [4.69, 9.17) is 9.47 Å². The molecule has 0 radical (unpaired) electrons. The molecular formula is C17H14FN3O3S. The smallest absolute Gasteiger partial charge is 0.257 e. The lowest BCUT2D eigenvalue weighted by Crippen LogP contribution is -2.11. The maximum absolute atomic E-state index is 13.2. The molecule has 0 bridgehead atoms. The zero-order chi connectivity index (χ0) is 17.8. The van der Waals surface area contributed by atoms with Gasteiger partial charge in [0.05, 0.1) is 14.2 Å². The first-order valence-corrected chi connectivity index (χ1v) is 8.05. The van der Waals surface area contributed by atoms with Gasteiger partial charge in [-0.3, -0.25) is 10.1 Å². The Morgan fingerprint density at radius 3 is 2.60 bits per heavy atom. The lowest BCUT2D eigenvalue weighted by atomic mass is 10.2. The Morgan fingerprint density at radius 1 is 1.08 bits per heavy atom. The number of amides is 1. The van der Waals surface area contributed by atoms with Crippen molar-refractivity contribution in [3.8, 4) is 22.1 Å². The van der Waals surface area contributed by atoms with Crippen LogP contribution < -0.4 is 14.8 Å². The molecule has 1 amide bonds. The number of carbonyl (C=O) groups is 1. The molecular weight excluding hydrogens is 345 g/mol. The number of carbonyl (C=O) groups excluding carboxylic acids is 1. The van der Waals surface area contributed by atoms with Crippen LogP contribution in [0.5, 0.6) is 11.5 Å². The maximum Gasteiger partial charge on any atom is 0.257 e. The van der Waals surface area contributed by atoms with Crippen molar-refractivity contribution < 1.29 is 18.7 Å². The normalized spacial score (nSPS) is 10.4. The summed E-state index contributed by atoms with van der Waals surface area (Å²) in [5, 5.41) is 11.5. The molecule has 1 aromatic heterocycles. The van der Waals surface area contributed by atoms with E-state index >= 15 is 0 Å². The third-order valence-corrected chi connectivity index (χ3v) is 4.25. The molecule has 0 aliphatic rings. The number of methoxy groups -OCH3 is 2. The summed E-state index contributed by atoms with van der Waals surface area (Å²) in [6.07, 6.45) is 0. The highest BCUT2D eigenvalue weighted by atomic mass is 32.1. The van der Waals surface area contributed by atoms with Crippen molar-refractivity contribution in [1.29, 1.82) is 0 Å². The lowest BCUT2D eigenvalue weighted by molar-refractivity contribution is 0.102. The molecule has 0 aliphatic heterocycles. The fourth-order valence-electron chi connectivity index (χ4n) is 2.16. The highest BCUT2D eigenvalue weighted by Gasteiger charge is 2.13. The number of ether oxygens (including phenoxy) is 2. The SMILES string of the molecule is COc1ccc(-c2nnc(NC(=O)c3cccc(F)c3)s2)cc1OC. The van der Waals surface area contributed by atoms with Crippen molar-refractivity contribution in [2.75, 3.05) is 19.5 Å². The summed E-state index contributed by atoms with van der Waals surface area (Å²) in [6, 6.07) is 10.8. The third kappa shape index (κ3) is 3.74. The standard InChI is InChI=1S/C17H14FN3O3S/c1-23-13-7-6-11(9-14(13)24-2)16-20-21-17(25-16)19-15(22)10-4-3-5-12(18)8-10/h3-9H,1-2H3,(H,19,21,22). The van der Waals surface area contributed by atoms with E-state index in [1.165, 1.54) is 29.5 Å². The predicted molar refractivity (Wildman–Crippen MR) is 92.8 cm³/mol. The van der Waals surface area contributed by atoms with Gasteiger partial charge in [-0.1, -0.05) is 17.4 Å². The van der Waals surface area contributed by atoms with Gasteiger partial charge in [0.15, 0.2) is 11.5 Å². The first-order valence-electron chi connectivity index (χ1n) is 7.23. The van der Waals surface area contributed by atoms with Crippen molar-refractivity contribution >= 4 is 22.4 Å². The summed E-state index contributed by atoms with van der Waals surface area (Å²) in [5.41, 5.74) is 0.990. The van der Waals surface area contributed by atoms with Gasteiger partial charge in [0, 0.05) is 11.1 Å². The Morgan fingerprint density at radius 2 is 1.88 bits per heavy atom. The largest absolute Gasteiger partial charge is 0.493 e. The van der Waals surface area contributed by atoms with Crippen LogP contribution in [0.3, 0.4) is 0 Å². The molecule has 6 nitrogen and oxygen atoms in total. The summed E-state index contributed by atoms with van der Waals surface area (Å²) in [6.45, 7) is 0. The summed E-state index contributed by atoms with van der Waals surface area (Å²) < 4.78 is 23.7. The Hall–Kier alpha value is -3.00. The zero-order valence-electron chi connectivity index (χ0n) is 13.4. The van der Waals surface area contributed by atoms with E-state index in [1.807, 2.05) is 6.07 Å². The summed E-state index contributed by atoms with van der Waals surface area (Å²) in [5.74, 6) is 0.251. The van der Waals surface area contributed by atoms with Gasteiger partial charge < -0.3 is 9.47 Å². The fraction of sp³-hybridized carbons (Fsp3) is 0.118. The number of rotatable bonds is 5. The van der Waals surface area contributed by atoms with E-state index in [0.29, 0.717) is 21.6 Å². The second-order valence-corrected chi connectivity index (χ2v) is 5.92. The summed E-state index contributed by atoms with van der Waals surface area (Å²) in [4.78, 5) is 12.1. The second kappa shape index (κ2) is 7.27. The van der Waals surface area contributed by atoms with Crippen molar-refractivity contribution in [3.63, 3.8) is 0 Å². The van der Waals surface area contributed by atoms with E-state index in [-0.39, 0.29) is 5.56 Å². The molecule has 25 heavy (non-hydrogen) atoms. The molecule has 0 aliphatic carbocycles. The lowest BCUT2D eigenvalue weighted by Gasteiger charge is -2.07. The van der Waals surface area contributed by atoms with Crippen LogP contribution in [-0.4, -0.2) is 30.3 Å². The number of anilines is 1. The molecule has 0 saturated heterocycles. The van der Waals surface area contributed by atoms with Crippen LogP contribution in [0, 0.1) is 5.82 Å². The van der Waals surface area contributed by atoms with Crippen LogP contribution in [0.1, 0.15) is 10.4 Å². The van der Waals surface area contributed by atoms with E-state index in [9.17, 15) is 9.18 Å². The Bertz CT molecular complexity index is 914. The van der Waals surface area contributed by atoms with Crippen LogP contribution in [-0.2, 0) is 0 Å². The number of hydrogen-bond acceptors (Lipinski definition) is 6. The van der Waals surface area contributed by atoms with E-state index in [0.717, 1.165) is 11.6 Å². The second-order valence-electron chi connectivity index (χ2n) is 4.95. The molecule has 2 aromatic carbocycles. The molecule has 0 spiro atoms. The third-order valence-electron chi connectivity index (χ3n) is 3.36. The fourth-order valence-corrected chi connectivity index (χ4v) is 2.89. The molecule has 8 heteroatoms. The monoisotopic (exact) mass is 359 g/mol. The zero-order valence-corrected chi connectivity index (χ0v) is 14.3. The Kier molecular flexibility index (Phi) is 4.90. The average molecular weight is 359 g/mol. The van der Waals surface area contributed by atoms with Crippen LogP contribution in [0.15, 0.2) is 42.5 Å². The number of hydrogen-bond donors (Lipinski definition) is 1. The first-order chi connectivity index (χ1) is 12.1. The van der Waals surface area contributed by atoms with Gasteiger partial charge in [0.1, 0.15) is 10.8 Å². The van der Waals surface area contributed by atoms with Gasteiger partial charge >= 0.3 is 0 Å². The van der Waals surface area contributed by atoms with Gasteiger partial charge in [-0.05, 0) is 36.4 Å². The summed E-state index contributed by atoms with van der Waals surface area (Å²) in [7, 11) is 3.11. The van der Waals surface area contributed by atoms with Crippen LogP contribution in [0.25, 0.3) is 10.6 Å². The highest BCUT2D eigenvalue weighted by molar-refractivity contribution is 7.18. The number of benzene rings is 2. The Balaban J connectivity index is 1.79. The van der Waals surface area contributed by atoms with Gasteiger partial charge in [-0.15, -0.1) is 10.2 Å². The average Bonchev–Trinajstić information content (AvgIpc) is 3.09. The van der Waals surface area contributed by atoms with Crippen molar-refractivity contribution in [2.24, 2.45) is 0 Å². The van der Waals surface area contributed by atoms with Gasteiger partial charge in [0.2, 0.25) is 5.13 Å². The molecule has 3 rings (SSSR count). The van der Waals surface area contributed by atoms with Crippen molar-refractivity contribution in [1.82, 2.24) is 10.2 Å². The molecule has 0 unspecified atom stereocenters. The minimum Gasteiger partial charge on any atom is -0.493 e. The minimum atomic E-state index is -0.476. The topological polar surface area (TPSA) is 73.3 Å². The minimum absolute atomic E-state index is 0.211.